The highest BCUT2D eigenvalue weighted by molar-refractivity contribution is 7.99. The zero-order chi connectivity index (χ0) is 10.9. The molecular formula is C12H18N2S. The van der Waals surface area contributed by atoms with E-state index in [0.29, 0.717) is 0 Å². The summed E-state index contributed by atoms with van der Waals surface area (Å²) in [5, 5.41) is 3.40. The molecule has 1 heterocycles. The Balaban J connectivity index is 2.07. The lowest BCUT2D eigenvalue weighted by molar-refractivity contribution is 0.721. The van der Waals surface area contributed by atoms with Crippen LogP contribution < -0.4 is 5.32 Å². The van der Waals surface area contributed by atoms with Gasteiger partial charge >= 0.3 is 0 Å². The monoisotopic (exact) mass is 222 g/mol. The molecule has 0 saturated carbocycles. The predicted octanol–water partition coefficient (Wildman–Crippen LogP) is 1.96. The van der Waals surface area contributed by atoms with Gasteiger partial charge in [0.1, 0.15) is 0 Å². The number of terminal acetylenes is 1. The van der Waals surface area contributed by atoms with E-state index >= 15 is 0 Å². The summed E-state index contributed by atoms with van der Waals surface area (Å²) in [6.07, 6.45) is 9.46. The third-order valence-corrected chi connectivity index (χ3v) is 2.98. The molecule has 0 aliphatic carbocycles. The first-order valence-corrected chi connectivity index (χ1v) is 6.39. The van der Waals surface area contributed by atoms with Crippen molar-refractivity contribution in [2.24, 2.45) is 0 Å². The molecule has 1 aromatic rings. The number of hydrogen-bond acceptors (Lipinski definition) is 2. The Morgan fingerprint density at radius 3 is 3.13 bits per heavy atom. The third-order valence-electron chi connectivity index (χ3n) is 2.11. The van der Waals surface area contributed by atoms with Crippen LogP contribution in [0.3, 0.4) is 0 Å². The Hall–Kier alpha value is -0.850. The maximum atomic E-state index is 5.16. The molecule has 1 aromatic heterocycles. The molecule has 82 valence electrons. The van der Waals surface area contributed by atoms with E-state index in [0.717, 1.165) is 31.1 Å². The fraction of sp³-hybridized carbons (Fsp3) is 0.500. The van der Waals surface area contributed by atoms with Crippen molar-refractivity contribution in [3.63, 3.8) is 0 Å². The Bertz CT molecular complexity index is 312. The maximum absolute atomic E-state index is 5.16. The van der Waals surface area contributed by atoms with Crippen LogP contribution in [0.15, 0.2) is 18.5 Å². The lowest BCUT2D eigenvalue weighted by Gasteiger charge is -2.01. The van der Waals surface area contributed by atoms with Crippen LogP contribution in [0.25, 0.3) is 0 Å². The van der Waals surface area contributed by atoms with E-state index in [9.17, 15) is 0 Å². The van der Waals surface area contributed by atoms with E-state index in [1.54, 1.807) is 11.8 Å². The lowest BCUT2D eigenvalue weighted by Crippen LogP contribution is -2.16. The average molecular weight is 222 g/mol. The number of rotatable bonds is 7. The second kappa shape index (κ2) is 7.44. The molecule has 15 heavy (non-hydrogen) atoms. The first kappa shape index (κ1) is 12.2. The van der Waals surface area contributed by atoms with E-state index in [4.69, 9.17) is 6.42 Å². The van der Waals surface area contributed by atoms with E-state index in [1.165, 1.54) is 5.56 Å². The Labute approximate surface area is 96.4 Å². The van der Waals surface area contributed by atoms with Crippen LogP contribution in [0.2, 0.25) is 0 Å². The predicted molar refractivity (Wildman–Crippen MR) is 68.0 cm³/mol. The highest BCUT2D eigenvalue weighted by atomic mass is 32.2. The van der Waals surface area contributed by atoms with Crippen LogP contribution >= 0.6 is 11.8 Å². The summed E-state index contributed by atoms with van der Waals surface area (Å²) in [6.45, 7) is 5.15. The summed E-state index contributed by atoms with van der Waals surface area (Å²) in [5.41, 5.74) is 1.35. The Morgan fingerprint density at radius 2 is 2.47 bits per heavy atom. The molecule has 0 saturated heterocycles. The van der Waals surface area contributed by atoms with Crippen LogP contribution in [0.1, 0.15) is 12.5 Å². The SMILES string of the molecule is C#CCSCCNCc1ccn(CC)c1. The summed E-state index contributed by atoms with van der Waals surface area (Å²) in [4.78, 5) is 0. The van der Waals surface area contributed by atoms with Crippen molar-refractivity contribution in [1.29, 1.82) is 0 Å². The molecule has 1 N–H and O–H groups in total. The van der Waals surface area contributed by atoms with E-state index < -0.39 is 0 Å². The lowest BCUT2D eigenvalue weighted by atomic mass is 10.3. The van der Waals surface area contributed by atoms with E-state index in [1.807, 2.05) is 0 Å². The molecule has 0 aliphatic rings. The minimum absolute atomic E-state index is 0.813. The van der Waals surface area contributed by atoms with Crippen LogP contribution in [0.4, 0.5) is 0 Å². The number of aryl methyl sites for hydroxylation is 1. The van der Waals surface area contributed by atoms with Crippen molar-refractivity contribution in [3.8, 4) is 12.3 Å². The number of thioether (sulfide) groups is 1. The van der Waals surface area contributed by atoms with Crippen LogP contribution in [-0.4, -0.2) is 22.6 Å². The summed E-state index contributed by atoms with van der Waals surface area (Å²) in [5.74, 6) is 4.51. The minimum atomic E-state index is 0.813. The van der Waals surface area contributed by atoms with Gasteiger partial charge in [-0.2, -0.15) is 0 Å². The number of nitrogens with one attached hydrogen (secondary N) is 1. The highest BCUT2D eigenvalue weighted by Crippen LogP contribution is 2.01. The zero-order valence-electron chi connectivity index (χ0n) is 9.20. The van der Waals surface area contributed by atoms with Gasteiger partial charge in [-0.05, 0) is 18.6 Å². The van der Waals surface area contributed by atoms with Gasteiger partial charge in [-0.25, -0.2) is 0 Å². The Kier molecular flexibility index (Phi) is 6.06. The topological polar surface area (TPSA) is 17.0 Å². The number of aromatic nitrogens is 1. The second-order valence-corrected chi connectivity index (χ2v) is 4.39. The van der Waals surface area contributed by atoms with Crippen molar-refractivity contribution in [1.82, 2.24) is 9.88 Å². The summed E-state index contributed by atoms with van der Waals surface area (Å²) in [7, 11) is 0. The molecule has 0 amide bonds. The first-order chi connectivity index (χ1) is 7.36. The second-order valence-electron chi connectivity index (χ2n) is 3.28. The van der Waals surface area contributed by atoms with Crippen molar-refractivity contribution < 1.29 is 0 Å². The molecule has 0 fully saturated rings. The molecule has 2 nitrogen and oxygen atoms in total. The zero-order valence-corrected chi connectivity index (χ0v) is 10.0. The van der Waals surface area contributed by atoms with Gasteiger partial charge in [-0.3, -0.25) is 0 Å². The van der Waals surface area contributed by atoms with Gasteiger partial charge in [0.15, 0.2) is 0 Å². The van der Waals surface area contributed by atoms with Crippen molar-refractivity contribution >= 4 is 11.8 Å². The minimum Gasteiger partial charge on any atom is -0.354 e. The summed E-state index contributed by atoms with van der Waals surface area (Å²) < 4.78 is 2.18. The number of nitrogens with zero attached hydrogens (tertiary/aromatic N) is 1. The fourth-order valence-corrected chi connectivity index (χ4v) is 1.85. The van der Waals surface area contributed by atoms with E-state index in [-0.39, 0.29) is 0 Å². The summed E-state index contributed by atoms with van der Waals surface area (Å²) in [6, 6.07) is 2.16. The quantitative estimate of drug-likeness (QED) is 0.561. The molecule has 0 spiro atoms. The summed E-state index contributed by atoms with van der Waals surface area (Å²) >= 11 is 1.79. The average Bonchev–Trinajstić information content (AvgIpc) is 2.71. The molecule has 0 atom stereocenters. The standard InChI is InChI=1S/C12H18N2S/c1-3-8-15-9-6-13-10-12-5-7-14(4-2)11-12/h1,5,7,11,13H,4,6,8-10H2,2H3. The van der Waals surface area contributed by atoms with Crippen molar-refractivity contribution in [2.45, 2.75) is 20.0 Å². The fourth-order valence-electron chi connectivity index (χ4n) is 1.30. The first-order valence-electron chi connectivity index (χ1n) is 5.23. The van der Waals surface area contributed by atoms with Crippen LogP contribution in [0, 0.1) is 12.3 Å². The van der Waals surface area contributed by atoms with E-state index in [2.05, 4.69) is 41.2 Å². The molecular weight excluding hydrogens is 204 g/mol. The molecule has 0 aromatic carbocycles. The van der Waals surface area contributed by atoms with Gasteiger partial charge in [-0.15, -0.1) is 18.2 Å². The molecule has 0 unspecified atom stereocenters. The Morgan fingerprint density at radius 1 is 1.60 bits per heavy atom. The maximum Gasteiger partial charge on any atom is 0.0545 e. The number of hydrogen-bond donors (Lipinski definition) is 1. The van der Waals surface area contributed by atoms with Gasteiger partial charge < -0.3 is 9.88 Å². The molecule has 1 rings (SSSR count). The third kappa shape index (κ3) is 4.96. The van der Waals surface area contributed by atoms with Gasteiger partial charge in [0, 0.05) is 37.8 Å². The van der Waals surface area contributed by atoms with Crippen LogP contribution in [-0.2, 0) is 13.1 Å². The normalized spacial score (nSPS) is 10.1. The highest BCUT2D eigenvalue weighted by Gasteiger charge is 1.94. The van der Waals surface area contributed by atoms with Crippen molar-refractivity contribution in [2.75, 3.05) is 18.1 Å². The smallest absolute Gasteiger partial charge is 0.0545 e. The van der Waals surface area contributed by atoms with Gasteiger partial charge in [0.2, 0.25) is 0 Å². The van der Waals surface area contributed by atoms with Gasteiger partial charge in [0.25, 0.3) is 0 Å². The molecule has 3 heteroatoms. The van der Waals surface area contributed by atoms with Gasteiger partial charge in [0.05, 0.1) is 5.75 Å². The molecule has 0 bridgehead atoms. The van der Waals surface area contributed by atoms with Crippen molar-refractivity contribution in [3.05, 3.63) is 24.0 Å². The largest absolute Gasteiger partial charge is 0.354 e. The molecule has 0 aliphatic heterocycles. The molecule has 0 radical (unpaired) electrons. The van der Waals surface area contributed by atoms with Crippen LogP contribution in [0.5, 0.6) is 0 Å². The van der Waals surface area contributed by atoms with Gasteiger partial charge in [-0.1, -0.05) is 5.92 Å².